The van der Waals surface area contributed by atoms with Crippen LogP contribution in [0.5, 0.6) is 0 Å². The van der Waals surface area contributed by atoms with Gasteiger partial charge in [0, 0.05) is 0 Å². The molecule has 2 aromatic carbocycles. The number of hydrogen-bond acceptors (Lipinski definition) is 0. The zero-order valence-corrected chi connectivity index (χ0v) is 15.2. The van der Waals surface area contributed by atoms with Gasteiger partial charge in [-0.1, -0.05) is 116 Å². The maximum atomic E-state index is 2.48. The molecule has 1 heteroatoms. The highest BCUT2D eigenvalue weighted by atomic mass is 28.3. The molecule has 0 fully saturated rings. The monoisotopic (exact) mass is 318 g/mol. The van der Waals surface area contributed by atoms with Gasteiger partial charge in [0.15, 0.2) is 0 Å². The fourth-order valence-electron chi connectivity index (χ4n) is 4.10. The van der Waals surface area contributed by atoms with Crippen LogP contribution in [0.1, 0.15) is 19.4 Å². The van der Waals surface area contributed by atoms with Crippen LogP contribution in [0.4, 0.5) is 0 Å². The Morgan fingerprint density at radius 1 is 0.826 bits per heavy atom. The van der Waals surface area contributed by atoms with Crippen LogP contribution in [-0.2, 0) is 6.42 Å². The molecule has 0 aliphatic heterocycles. The van der Waals surface area contributed by atoms with E-state index in [1.54, 1.807) is 10.8 Å². The summed E-state index contributed by atoms with van der Waals surface area (Å²) in [5, 5.41) is 1.61. The summed E-state index contributed by atoms with van der Waals surface area (Å²) >= 11 is 0. The van der Waals surface area contributed by atoms with E-state index < -0.39 is 8.07 Å². The predicted molar refractivity (Wildman–Crippen MR) is 104 cm³/mol. The minimum absolute atomic E-state index is 0.639. The second-order valence-corrected chi connectivity index (χ2v) is 11.4. The Morgan fingerprint density at radius 2 is 1.43 bits per heavy atom. The molecule has 0 saturated carbocycles. The lowest BCUT2D eigenvalue weighted by atomic mass is 10.0. The van der Waals surface area contributed by atoms with Gasteiger partial charge in [-0.15, -0.1) is 0 Å². The van der Waals surface area contributed by atoms with Crippen molar-refractivity contribution in [3.63, 3.8) is 0 Å². The van der Waals surface area contributed by atoms with Crippen LogP contribution in [0.25, 0.3) is 0 Å². The Labute approximate surface area is 141 Å². The van der Waals surface area contributed by atoms with Gasteiger partial charge in [-0.3, -0.25) is 0 Å². The summed E-state index contributed by atoms with van der Waals surface area (Å²) in [5.74, 6) is 0. The van der Waals surface area contributed by atoms with Gasteiger partial charge < -0.3 is 0 Å². The zero-order chi connectivity index (χ0) is 16.1. The fraction of sp³-hybridized carbons (Fsp3) is 0.273. The minimum Gasteiger partial charge on any atom is -0.0797 e. The van der Waals surface area contributed by atoms with Crippen molar-refractivity contribution in [1.82, 2.24) is 0 Å². The van der Waals surface area contributed by atoms with Crippen LogP contribution >= 0.6 is 0 Å². The Morgan fingerprint density at radius 3 is 2.04 bits per heavy atom. The summed E-state index contributed by atoms with van der Waals surface area (Å²) in [6.45, 7) is 4.80. The first-order chi connectivity index (χ1) is 11.3. The van der Waals surface area contributed by atoms with Gasteiger partial charge in [-0.2, -0.15) is 0 Å². The van der Waals surface area contributed by atoms with Gasteiger partial charge in [0.25, 0.3) is 0 Å². The van der Waals surface area contributed by atoms with E-state index >= 15 is 0 Å². The molecule has 118 valence electrons. The highest BCUT2D eigenvalue weighted by Crippen LogP contribution is 2.40. The van der Waals surface area contributed by atoms with Crippen molar-refractivity contribution in [2.45, 2.75) is 37.9 Å². The van der Waals surface area contributed by atoms with Crippen molar-refractivity contribution in [2.75, 3.05) is 0 Å². The predicted octanol–water partition coefficient (Wildman–Crippen LogP) is 5.49. The summed E-state index contributed by atoms with van der Waals surface area (Å²) in [7, 11) is -1.56. The summed E-state index contributed by atoms with van der Waals surface area (Å²) in [6.07, 6.45) is 8.22. The van der Waals surface area contributed by atoms with E-state index in [-0.39, 0.29) is 0 Å². The van der Waals surface area contributed by atoms with E-state index in [2.05, 4.69) is 92.7 Å². The van der Waals surface area contributed by atoms with Crippen LogP contribution < -0.4 is 5.19 Å². The third-order valence-corrected chi connectivity index (χ3v) is 11.2. The van der Waals surface area contributed by atoms with Gasteiger partial charge in [-0.25, -0.2) is 0 Å². The van der Waals surface area contributed by atoms with Crippen LogP contribution in [0.15, 0.2) is 84.5 Å². The molecule has 2 aromatic rings. The highest BCUT2D eigenvalue weighted by molar-refractivity contribution is 6.93. The lowest BCUT2D eigenvalue weighted by molar-refractivity contribution is 1.02. The van der Waals surface area contributed by atoms with E-state index in [0.29, 0.717) is 5.54 Å². The average molecular weight is 319 g/mol. The van der Waals surface area contributed by atoms with Gasteiger partial charge in [0.2, 0.25) is 0 Å². The van der Waals surface area contributed by atoms with Crippen molar-refractivity contribution in [3.8, 4) is 0 Å². The molecule has 0 nitrogen and oxygen atoms in total. The van der Waals surface area contributed by atoms with E-state index in [0.717, 1.165) is 6.42 Å². The molecule has 0 bridgehead atoms. The number of benzene rings is 2. The van der Waals surface area contributed by atoms with Crippen molar-refractivity contribution < 1.29 is 0 Å². The normalized spacial score (nSPS) is 17.3. The van der Waals surface area contributed by atoms with Crippen molar-refractivity contribution in [1.29, 1.82) is 0 Å². The molecule has 0 N–H and O–H groups in total. The first kappa shape index (κ1) is 16.0. The molecule has 3 rings (SSSR count). The lowest BCUT2D eigenvalue weighted by Crippen LogP contribution is -2.50. The standard InChI is InChI=1S/C22H26Si/c1-3-23(4-2,21-15-9-6-10-16-21)22-17-11-14-20(22)18-19-12-7-5-8-13-19/h5-17,22H,3-4,18H2,1-2H3. The summed E-state index contributed by atoms with van der Waals surface area (Å²) in [5.41, 5.74) is 3.67. The second kappa shape index (κ2) is 7.14. The first-order valence-corrected chi connectivity index (χ1v) is 11.3. The quantitative estimate of drug-likeness (QED) is 0.618. The molecule has 0 amide bonds. The molecular weight excluding hydrogens is 292 g/mol. The first-order valence-electron chi connectivity index (χ1n) is 8.77. The molecule has 0 heterocycles. The number of rotatable bonds is 6. The fourth-order valence-corrected chi connectivity index (χ4v) is 8.90. The van der Waals surface area contributed by atoms with Crippen LogP contribution in [-0.4, -0.2) is 8.07 Å². The second-order valence-electron chi connectivity index (χ2n) is 6.50. The molecule has 1 unspecified atom stereocenters. The van der Waals surface area contributed by atoms with Crippen LogP contribution in [0, 0.1) is 0 Å². The number of hydrogen-bond donors (Lipinski definition) is 0. The third kappa shape index (κ3) is 3.11. The van der Waals surface area contributed by atoms with Crippen LogP contribution in [0.3, 0.4) is 0 Å². The van der Waals surface area contributed by atoms with Crippen molar-refractivity contribution >= 4 is 13.3 Å². The smallest absolute Gasteiger partial charge is 0.0797 e. The Balaban J connectivity index is 1.93. The van der Waals surface area contributed by atoms with E-state index in [1.807, 2.05) is 0 Å². The Bertz CT molecular complexity index is 678. The van der Waals surface area contributed by atoms with Crippen molar-refractivity contribution in [3.05, 3.63) is 90.0 Å². The minimum atomic E-state index is -1.56. The molecule has 0 saturated heterocycles. The summed E-state index contributed by atoms with van der Waals surface area (Å²) in [6, 6.07) is 24.8. The van der Waals surface area contributed by atoms with Gasteiger partial charge >= 0.3 is 0 Å². The van der Waals surface area contributed by atoms with Gasteiger partial charge in [-0.05, 0) is 17.5 Å². The summed E-state index contributed by atoms with van der Waals surface area (Å²) < 4.78 is 0. The maximum absolute atomic E-state index is 2.48. The average Bonchev–Trinajstić information content (AvgIpc) is 3.07. The molecular formula is C22H26Si. The molecule has 1 aliphatic carbocycles. The molecule has 23 heavy (non-hydrogen) atoms. The Hall–Kier alpha value is -1.86. The SMILES string of the molecule is CC[Si](CC)(c1ccccc1)C1C=CC=C1Cc1ccccc1. The maximum Gasteiger partial charge on any atom is 0.0969 e. The van der Waals surface area contributed by atoms with Gasteiger partial charge in [0.05, 0.1) is 8.07 Å². The molecule has 0 radical (unpaired) electrons. The van der Waals surface area contributed by atoms with Gasteiger partial charge in [0.1, 0.15) is 0 Å². The highest BCUT2D eigenvalue weighted by Gasteiger charge is 2.40. The topological polar surface area (TPSA) is 0 Å². The molecule has 0 aromatic heterocycles. The number of allylic oxidation sites excluding steroid dienone is 4. The van der Waals surface area contributed by atoms with Crippen LogP contribution in [0.2, 0.25) is 17.6 Å². The largest absolute Gasteiger partial charge is 0.0969 e. The van der Waals surface area contributed by atoms with Crippen molar-refractivity contribution in [2.24, 2.45) is 0 Å². The van der Waals surface area contributed by atoms with E-state index in [4.69, 9.17) is 0 Å². The molecule has 0 spiro atoms. The summed E-state index contributed by atoms with van der Waals surface area (Å²) in [4.78, 5) is 0. The zero-order valence-electron chi connectivity index (χ0n) is 14.2. The molecule has 1 aliphatic rings. The van der Waals surface area contributed by atoms with E-state index in [1.165, 1.54) is 17.7 Å². The third-order valence-electron chi connectivity index (χ3n) is 5.47. The van der Waals surface area contributed by atoms with E-state index in [9.17, 15) is 0 Å². The molecule has 1 atom stereocenters. The lowest BCUT2D eigenvalue weighted by Gasteiger charge is -2.37. The Kier molecular flexibility index (Phi) is 4.97.